The largest absolute Gasteiger partial charge is 0.456 e. The maximum Gasteiger partial charge on any atom is 0.135 e. The van der Waals surface area contributed by atoms with Crippen molar-refractivity contribution in [1.82, 2.24) is 9.13 Å². The lowest BCUT2D eigenvalue weighted by atomic mass is 10.0. The Hall–Kier alpha value is -6.32. The summed E-state index contributed by atoms with van der Waals surface area (Å²) in [5.74, 6) is 0. The molecule has 3 aromatic heterocycles. The van der Waals surface area contributed by atoms with Crippen LogP contribution in [-0.4, -0.2) is 9.13 Å². The molecule has 0 saturated heterocycles. The maximum atomic E-state index is 6.38. The van der Waals surface area contributed by atoms with Crippen LogP contribution < -0.4 is 0 Å². The molecule has 0 aliphatic carbocycles. The highest BCUT2D eigenvalue weighted by atomic mass is 16.3. The van der Waals surface area contributed by atoms with Crippen molar-refractivity contribution in [2.24, 2.45) is 0 Å². The molecule has 3 heterocycles. The third-order valence-electron chi connectivity index (χ3n) is 9.66. The number of aromatic nitrogens is 2. The molecule has 10 aromatic rings. The van der Waals surface area contributed by atoms with Crippen molar-refractivity contribution < 1.29 is 4.42 Å². The molecule has 0 aliphatic heterocycles. The van der Waals surface area contributed by atoms with E-state index in [1.165, 1.54) is 49.2 Å². The molecule has 0 bridgehead atoms. The van der Waals surface area contributed by atoms with Gasteiger partial charge >= 0.3 is 0 Å². The molecule has 3 nitrogen and oxygen atoms in total. The summed E-state index contributed by atoms with van der Waals surface area (Å²) >= 11 is 0. The Labute approximate surface area is 270 Å². The third-order valence-corrected chi connectivity index (χ3v) is 9.66. The van der Waals surface area contributed by atoms with E-state index in [4.69, 9.17) is 4.42 Å². The molecule has 7 aromatic carbocycles. The summed E-state index contributed by atoms with van der Waals surface area (Å²) in [5.41, 5.74) is 12.3. The minimum atomic E-state index is 0.886. The van der Waals surface area contributed by atoms with Crippen molar-refractivity contribution in [2.45, 2.75) is 0 Å². The van der Waals surface area contributed by atoms with Gasteiger partial charge in [0.2, 0.25) is 0 Å². The van der Waals surface area contributed by atoms with Crippen molar-refractivity contribution >= 4 is 71.6 Å². The van der Waals surface area contributed by atoms with Gasteiger partial charge in [-0.25, -0.2) is 0 Å². The van der Waals surface area contributed by atoms with E-state index in [1.807, 2.05) is 6.08 Å². The van der Waals surface area contributed by atoms with E-state index >= 15 is 0 Å². The fourth-order valence-corrected chi connectivity index (χ4v) is 7.49. The van der Waals surface area contributed by atoms with Gasteiger partial charge in [0.25, 0.3) is 0 Å². The van der Waals surface area contributed by atoms with Crippen LogP contribution in [0.3, 0.4) is 0 Å². The van der Waals surface area contributed by atoms with Gasteiger partial charge < -0.3 is 13.6 Å². The number of benzene rings is 7. The Bertz CT molecular complexity index is 2860. The molecule has 10 rings (SSSR count). The zero-order chi connectivity index (χ0) is 31.1. The maximum absolute atomic E-state index is 6.38. The highest BCUT2D eigenvalue weighted by molar-refractivity contribution is 6.13. The zero-order valence-corrected chi connectivity index (χ0v) is 25.5. The summed E-state index contributed by atoms with van der Waals surface area (Å²) in [6.45, 7) is 3.99. The van der Waals surface area contributed by atoms with Gasteiger partial charge in [0, 0.05) is 43.7 Å². The van der Waals surface area contributed by atoms with E-state index < -0.39 is 0 Å². The van der Waals surface area contributed by atoms with E-state index in [-0.39, 0.29) is 0 Å². The van der Waals surface area contributed by atoms with E-state index in [0.717, 1.165) is 44.4 Å². The van der Waals surface area contributed by atoms with E-state index in [0.29, 0.717) is 0 Å². The van der Waals surface area contributed by atoms with Gasteiger partial charge in [-0.05, 0) is 95.6 Å². The van der Waals surface area contributed by atoms with Crippen molar-refractivity contribution in [3.8, 4) is 22.5 Å². The fraction of sp³-hybridized carbons (Fsp3) is 0. The Morgan fingerprint density at radius 2 is 0.936 bits per heavy atom. The molecule has 3 heteroatoms. The first-order valence-electron chi connectivity index (χ1n) is 16.0. The first-order chi connectivity index (χ1) is 23.2. The van der Waals surface area contributed by atoms with Gasteiger partial charge in [0.05, 0.1) is 22.1 Å². The second kappa shape index (κ2) is 9.84. The molecule has 0 saturated carbocycles. The second-order valence-corrected chi connectivity index (χ2v) is 12.2. The highest BCUT2D eigenvalue weighted by Crippen LogP contribution is 2.39. The second-order valence-electron chi connectivity index (χ2n) is 12.2. The number of fused-ring (bicyclic) bond motifs is 9. The van der Waals surface area contributed by atoms with Crippen LogP contribution in [0.2, 0.25) is 0 Å². The van der Waals surface area contributed by atoms with Crippen LogP contribution >= 0.6 is 0 Å². The van der Waals surface area contributed by atoms with Gasteiger partial charge in [0.15, 0.2) is 0 Å². The molecule has 0 unspecified atom stereocenters. The third kappa shape index (κ3) is 3.81. The Morgan fingerprint density at radius 3 is 1.66 bits per heavy atom. The summed E-state index contributed by atoms with van der Waals surface area (Å²) in [4.78, 5) is 0. The van der Waals surface area contributed by atoms with Crippen LogP contribution in [0.5, 0.6) is 0 Å². The van der Waals surface area contributed by atoms with Gasteiger partial charge in [-0.15, -0.1) is 0 Å². The smallest absolute Gasteiger partial charge is 0.135 e. The Kier molecular flexibility index (Phi) is 5.43. The number of para-hydroxylation sites is 3. The Morgan fingerprint density at radius 1 is 0.404 bits per heavy atom. The van der Waals surface area contributed by atoms with Gasteiger partial charge in [-0.2, -0.15) is 0 Å². The van der Waals surface area contributed by atoms with E-state index in [1.54, 1.807) is 0 Å². The summed E-state index contributed by atoms with van der Waals surface area (Å²) in [5, 5.41) is 7.16. The molecule has 220 valence electrons. The molecule has 0 aliphatic rings. The van der Waals surface area contributed by atoms with Gasteiger partial charge in [-0.3, -0.25) is 0 Å². The molecule has 0 radical (unpaired) electrons. The predicted octanol–water partition coefficient (Wildman–Crippen LogP) is 12.1. The monoisotopic (exact) mass is 600 g/mol. The average Bonchev–Trinajstić information content (AvgIpc) is 3.78. The van der Waals surface area contributed by atoms with Crippen molar-refractivity contribution in [3.05, 3.63) is 164 Å². The first kappa shape index (κ1) is 26.0. The lowest BCUT2D eigenvalue weighted by Crippen LogP contribution is -1.93. The lowest BCUT2D eigenvalue weighted by Gasteiger charge is -2.09. The molecule has 0 spiro atoms. The summed E-state index contributed by atoms with van der Waals surface area (Å²) in [6.07, 6.45) is 1.91. The number of rotatable bonds is 4. The van der Waals surface area contributed by atoms with Crippen molar-refractivity contribution in [2.75, 3.05) is 0 Å². The summed E-state index contributed by atoms with van der Waals surface area (Å²) in [7, 11) is 0. The van der Waals surface area contributed by atoms with Gasteiger partial charge in [0.1, 0.15) is 11.2 Å². The number of hydrogen-bond acceptors (Lipinski definition) is 1. The van der Waals surface area contributed by atoms with Gasteiger partial charge in [-0.1, -0.05) is 85.5 Å². The number of nitrogens with zero attached hydrogens (tertiary/aromatic N) is 2. The summed E-state index contributed by atoms with van der Waals surface area (Å²) in [6, 6.07) is 54.4. The fourth-order valence-electron chi connectivity index (χ4n) is 7.49. The Balaban J connectivity index is 1.16. The van der Waals surface area contributed by atoms with Crippen molar-refractivity contribution in [1.29, 1.82) is 0 Å². The molecular weight excluding hydrogens is 572 g/mol. The number of furan rings is 1. The van der Waals surface area contributed by atoms with Crippen LogP contribution in [0.25, 0.3) is 94.1 Å². The normalized spacial score (nSPS) is 11.9. The first-order valence-corrected chi connectivity index (χ1v) is 16.0. The predicted molar refractivity (Wildman–Crippen MR) is 198 cm³/mol. The van der Waals surface area contributed by atoms with Crippen LogP contribution in [0.4, 0.5) is 0 Å². The molecule has 0 atom stereocenters. The van der Waals surface area contributed by atoms with E-state index in [9.17, 15) is 0 Å². The van der Waals surface area contributed by atoms with Crippen LogP contribution in [0, 0.1) is 0 Å². The van der Waals surface area contributed by atoms with Crippen LogP contribution in [0.1, 0.15) is 5.56 Å². The molecular formula is C44H28N2O. The SMILES string of the molecule is C=Cc1ccc2c(c1)c1ccccc1n2-c1ccc2oc3ccc(-c4ccc5c(c4)c4ccccc4n5-c4ccccc4)cc3c2c1. The highest BCUT2D eigenvalue weighted by Gasteiger charge is 2.16. The van der Waals surface area contributed by atoms with Crippen LogP contribution in [-0.2, 0) is 0 Å². The van der Waals surface area contributed by atoms with E-state index in [2.05, 4.69) is 167 Å². The minimum Gasteiger partial charge on any atom is -0.456 e. The molecule has 0 amide bonds. The van der Waals surface area contributed by atoms with Crippen molar-refractivity contribution in [3.63, 3.8) is 0 Å². The molecule has 47 heavy (non-hydrogen) atoms. The zero-order valence-electron chi connectivity index (χ0n) is 25.5. The standard InChI is InChI=1S/C44H28N2O/c1-2-28-16-20-41-35(24-28)33-12-6-9-15-40(33)46(41)32-19-23-44-38(27-32)37-26-30(18-22-43(37)47-44)29-17-21-42-36(25-29)34-13-7-8-14-39(34)45(42)31-10-4-3-5-11-31/h2-27H,1H2. The summed E-state index contributed by atoms with van der Waals surface area (Å²) < 4.78 is 11.1. The minimum absolute atomic E-state index is 0.886. The number of hydrogen-bond donors (Lipinski definition) is 0. The lowest BCUT2D eigenvalue weighted by molar-refractivity contribution is 0.669. The molecule has 0 N–H and O–H groups in total. The van der Waals surface area contributed by atoms with Crippen LogP contribution in [0.15, 0.2) is 163 Å². The average molecular weight is 601 g/mol. The molecule has 0 fully saturated rings. The topological polar surface area (TPSA) is 23.0 Å². The quantitative estimate of drug-likeness (QED) is 0.197.